The minimum absolute atomic E-state index is 0.626. The van der Waals surface area contributed by atoms with E-state index in [0.29, 0.717) is 10.9 Å². The monoisotopic (exact) mass is 278 g/mol. The van der Waals surface area contributed by atoms with Gasteiger partial charge in [-0.3, -0.25) is 0 Å². The number of aryl methyl sites for hydroxylation is 1. The van der Waals surface area contributed by atoms with Gasteiger partial charge < -0.3 is 5.32 Å². The van der Waals surface area contributed by atoms with Crippen LogP contribution in [0.2, 0.25) is 5.02 Å². The van der Waals surface area contributed by atoms with Gasteiger partial charge in [-0.05, 0) is 37.1 Å². The summed E-state index contributed by atoms with van der Waals surface area (Å²) in [6, 6.07) is 5.90. The number of halogens is 1. The molecule has 4 nitrogen and oxygen atoms in total. The van der Waals surface area contributed by atoms with Crippen LogP contribution in [0, 0.1) is 12.8 Å². The van der Waals surface area contributed by atoms with E-state index in [9.17, 15) is 0 Å². The van der Waals surface area contributed by atoms with Crippen LogP contribution in [0.25, 0.3) is 5.69 Å². The molecular formula is C14H19ClN4. The molecule has 0 aliphatic carbocycles. The summed E-state index contributed by atoms with van der Waals surface area (Å²) in [6.07, 6.45) is 1.91. The van der Waals surface area contributed by atoms with Crippen LogP contribution >= 0.6 is 11.6 Å². The summed E-state index contributed by atoms with van der Waals surface area (Å²) in [5.74, 6) is 0.626. The third-order valence-corrected chi connectivity index (χ3v) is 3.05. The van der Waals surface area contributed by atoms with Crippen LogP contribution in [-0.4, -0.2) is 21.5 Å². The highest BCUT2D eigenvalue weighted by atomic mass is 35.5. The number of rotatable bonds is 5. The SMILES string of the molecule is Cc1ccc(-n2cc(CNCC(C)C)nn2)c(Cl)c1. The van der Waals surface area contributed by atoms with E-state index in [1.165, 1.54) is 0 Å². The molecule has 0 saturated carbocycles. The van der Waals surface area contributed by atoms with Gasteiger partial charge in [0.25, 0.3) is 0 Å². The van der Waals surface area contributed by atoms with Gasteiger partial charge in [-0.15, -0.1) is 5.10 Å². The van der Waals surface area contributed by atoms with Crippen molar-refractivity contribution in [3.05, 3.63) is 40.7 Å². The second-order valence-electron chi connectivity index (χ2n) is 5.13. The molecule has 0 amide bonds. The fraction of sp³-hybridized carbons (Fsp3) is 0.429. The fourth-order valence-corrected chi connectivity index (χ4v) is 2.11. The zero-order chi connectivity index (χ0) is 13.8. The molecule has 0 spiro atoms. The molecule has 0 unspecified atom stereocenters. The average molecular weight is 279 g/mol. The maximum absolute atomic E-state index is 6.21. The Morgan fingerprint density at radius 1 is 1.37 bits per heavy atom. The van der Waals surface area contributed by atoms with Crippen molar-refractivity contribution in [2.75, 3.05) is 6.54 Å². The van der Waals surface area contributed by atoms with E-state index in [4.69, 9.17) is 11.6 Å². The second-order valence-corrected chi connectivity index (χ2v) is 5.54. The van der Waals surface area contributed by atoms with Gasteiger partial charge in [-0.25, -0.2) is 4.68 Å². The van der Waals surface area contributed by atoms with Crippen molar-refractivity contribution in [3.63, 3.8) is 0 Å². The van der Waals surface area contributed by atoms with Gasteiger partial charge in [0, 0.05) is 6.54 Å². The van der Waals surface area contributed by atoms with Crippen LogP contribution in [0.4, 0.5) is 0 Å². The predicted molar refractivity (Wildman–Crippen MR) is 77.7 cm³/mol. The number of hydrogen-bond acceptors (Lipinski definition) is 3. The molecule has 0 fully saturated rings. The zero-order valence-corrected chi connectivity index (χ0v) is 12.3. The first-order valence-corrected chi connectivity index (χ1v) is 6.82. The lowest BCUT2D eigenvalue weighted by molar-refractivity contribution is 0.548. The molecule has 0 atom stereocenters. The molecule has 2 rings (SSSR count). The quantitative estimate of drug-likeness (QED) is 0.914. The summed E-state index contributed by atoms with van der Waals surface area (Å²) in [5, 5.41) is 12.3. The molecule has 5 heteroatoms. The van der Waals surface area contributed by atoms with Gasteiger partial charge in [-0.1, -0.05) is 36.7 Å². The number of hydrogen-bond donors (Lipinski definition) is 1. The molecule has 0 bridgehead atoms. The maximum atomic E-state index is 6.21. The topological polar surface area (TPSA) is 42.7 Å². The smallest absolute Gasteiger partial charge is 0.0969 e. The molecule has 1 N–H and O–H groups in total. The van der Waals surface area contributed by atoms with E-state index in [-0.39, 0.29) is 0 Å². The minimum atomic E-state index is 0.626. The fourth-order valence-electron chi connectivity index (χ4n) is 1.78. The summed E-state index contributed by atoms with van der Waals surface area (Å²) < 4.78 is 1.72. The minimum Gasteiger partial charge on any atom is -0.311 e. The van der Waals surface area contributed by atoms with Gasteiger partial charge in [0.1, 0.15) is 0 Å². The maximum Gasteiger partial charge on any atom is 0.0969 e. The van der Waals surface area contributed by atoms with Gasteiger partial charge in [0.05, 0.1) is 22.6 Å². The van der Waals surface area contributed by atoms with Crippen molar-refractivity contribution in [2.24, 2.45) is 5.92 Å². The first kappa shape index (κ1) is 14.0. The van der Waals surface area contributed by atoms with Crippen molar-refractivity contribution in [1.29, 1.82) is 0 Å². The van der Waals surface area contributed by atoms with E-state index < -0.39 is 0 Å². The van der Waals surface area contributed by atoms with Crippen LogP contribution in [-0.2, 0) is 6.54 Å². The van der Waals surface area contributed by atoms with Crippen molar-refractivity contribution in [2.45, 2.75) is 27.3 Å². The Balaban J connectivity index is 2.08. The highest BCUT2D eigenvalue weighted by Crippen LogP contribution is 2.20. The summed E-state index contributed by atoms with van der Waals surface area (Å²) >= 11 is 6.21. The predicted octanol–water partition coefficient (Wildman–Crippen LogP) is 2.97. The zero-order valence-electron chi connectivity index (χ0n) is 11.5. The van der Waals surface area contributed by atoms with Gasteiger partial charge >= 0.3 is 0 Å². The molecule has 2 aromatic rings. The first-order valence-electron chi connectivity index (χ1n) is 6.44. The number of benzene rings is 1. The highest BCUT2D eigenvalue weighted by molar-refractivity contribution is 6.32. The Morgan fingerprint density at radius 2 is 2.16 bits per heavy atom. The number of nitrogens with one attached hydrogen (secondary N) is 1. The van der Waals surface area contributed by atoms with Crippen LogP contribution in [0.5, 0.6) is 0 Å². The summed E-state index contributed by atoms with van der Waals surface area (Å²) in [7, 11) is 0. The summed E-state index contributed by atoms with van der Waals surface area (Å²) in [4.78, 5) is 0. The Morgan fingerprint density at radius 3 is 2.84 bits per heavy atom. The van der Waals surface area contributed by atoms with Gasteiger partial charge in [0.15, 0.2) is 0 Å². The molecule has 1 aromatic heterocycles. The third-order valence-electron chi connectivity index (χ3n) is 2.75. The lowest BCUT2D eigenvalue weighted by Crippen LogP contribution is -2.19. The molecule has 1 heterocycles. The van der Waals surface area contributed by atoms with E-state index in [1.54, 1.807) is 4.68 Å². The highest BCUT2D eigenvalue weighted by Gasteiger charge is 2.06. The standard InChI is InChI=1S/C14H19ClN4/c1-10(2)7-16-8-12-9-19(18-17-12)14-5-4-11(3)6-13(14)15/h4-6,9-10,16H,7-8H2,1-3H3. The van der Waals surface area contributed by atoms with Gasteiger partial charge in [0.2, 0.25) is 0 Å². The first-order chi connectivity index (χ1) is 9.06. The van der Waals surface area contributed by atoms with Crippen LogP contribution in [0.1, 0.15) is 25.1 Å². The Hall–Kier alpha value is -1.39. The third kappa shape index (κ3) is 3.78. The largest absolute Gasteiger partial charge is 0.311 e. The normalized spacial score (nSPS) is 11.2. The Bertz CT molecular complexity index is 548. The molecule has 0 aliphatic heterocycles. The summed E-state index contributed by atoms with van der Waals surface area (Å²) in [6.45, 7) is 8.06. The van der Waals surface area contributed by atoms with Crippen molar-refractivity contribution < 1.29 is 0 Å². The van der Waals surface area contributed by atoms with Crippen molar-refractivity contribution in [3.8, 4) is 5.69 Å². The van der Waals surface area contributed by atoms with E-state index in [1.807, 2.05) is 31.3 Å². The summed E-state index contributed by atoms with van der Waals surface area (Å²) in [5.41, 5.74) is 2.90. The van der Waals surface area contributed by atoms with Crippen LogP contribution in [0.3, 0.4) is 0 Å². The van der Waals surface area contributed by atoms with Gasteiger partial charge in [-0.2, -0.15) is 0 Å². The Labute approximate surface area is 118 Å². The lowest BCUT2D eigenvalue weighted by Gasteiger charge is -2.05. The van der Waals surface area contributed by atoms with Crippen molar-refractivity contribution in [1.82, 2.24) is 20.3 Å². The second kappa shape index (κ2) is 6.17. The van der Waals surface area contributed by atoms with Crippen LogP contribution in [0.15, 0.2) is 24.4 Å². The lowest BCUT2D eigenvalue weighted by atomic mass is 10.2. The molecule has 102 valence electrons. The average Bonchev–Trinajstić information content (AvgIpc) is 2.77. The van der Waals surface area contributed by atoms with E-state index >= 15 is 0 Å². The molecule has 0 saturated heterocycles. The Kier molecular flexibility index (Phi) is 4.56. The molecule has 1 aromatic carbocycles. The number of nitrogens with zero attached hydrogens (tertiary/aromatic N) is 3. The van der Waals surface area contributed by atoms with Crippen LogP contribution < -0.4 is 5.32 Å². The van der Waals surface area contributed by atoms with E-state index in [2.05, 4.69) is 29.5 Å². The van der Waals surface area contributed by atoms with Crippen molar-refractivity contribution >= 4 is 11.6 Å². The van der Waals surface area contributed by atoms with E-state index in [0.717, 1.165) is 30.0 Å². The number of aromatic nitrogens is 3. The molecule has 19 heavy (non-hydrogen) atoms. The molecule has 0 radical (unpaired) electrons. The molecule has 0 aliphatic rings. The molecular weight excluding hydrogens is 260 g/mol.